The van der Waals surface area contributed by atoms with E-state index in [2.05, 4.69) is 9.71 Å². The number of nitrogens with one attached hydrogen (secondary N) is 1. The van der Waals surface area contributed by atoms with Gasteiger partial charge in [-0.1, -0.05) is 24.3 Å². The molecule has 0 atom stereocenters. The highest BCUT2D eigenvalue weighted by atomic mass is 32.2. The van der Waals surface area contributed by atoms with Gasteiger partial charge in [0.1, 0.15) is 18.0 Å². The highest BCUT2D eigenvalue weighted by Gasteiger charge is 2.36. The molecule has 1 aliphatic rings. The molecule has 4 rings (SSSR count). The molecule has 10 heteroatoms. The Balaban J connectivity index is 1.53. The van der Waals surface area contributed by atoms with Gasteiger partial charge in [-0.3, -0.25) is 4.72 Å². The first-order valence-electron chi connectivity index (χ1n) is 10.1. The van der Waals surface area contributed by atoms with Crippen LogP contribution in [0.25, 0.3) is 11.1 Å². The molecule has 0 unspecified atom stereocenters. The molecule has 1 saturated carbocycles. The summed E-state index contributed by atoms with van der Waals surface area (Å²) < 4.78 is 76.9. The number of pyridine rings is 1. The van der Waals surface area contributed by atoms with E-state index in [0.29, 0.717) is 35.3 Å². The standard InChI is InChI=1S/C23H21F3N2O4S/c1-31-22-21(28-33(29,30)20-8-9-20)12-17(13-27-22)16-5-3-7-19(11-16)32-14-15-4-2-6-18(10-15)23(24,25)26/h2-7,10-13,20,28H,8-9,14H2,1H3. The number of hydrogen-bond donors (Lipinski definition) is 1. The number of anilines is 1. The second-order valence-electron chi connectivity index (χ2n) is 7.64. The van der Waals surface area contributed by atoms with Crippen LogP contribution in [0.15, 0.2) is 60.8 Å². The summed E-state index contributed by atoms with van der Waals surface area (Å²) in [6, 6.07) is 13.5. The van der Waals surface area contributed by atoms with E-state index in [9.17, 15) is 21.6 Å². The Labute approximate surface area is 189 Å². The summed E-state index contributed by atoms with van der Waals surface area (Å²) in [5.74, 6) is 0.598. The molecule has 6 nitrogen and oxygen atoms in total. The fourth-order valence-electron chi connectivity index (χ4n) is 3.23. The molecule has 0 bridgehead atoms. The first-order valence-corrected chi connectivity index (χ1v) is 11.7. The van der Waals surface area contributed by atoms with Gasteiger partial charge in [0.05, 0.1) is 17.9 Å². The zero-order valence-electron chi connectivity index (χ0n) is 17.6. The van der Waals surface area contributed by atoms with Crippen molar-refractivity contribution in [1.82, 2.24) is 4.98 Å². The largest absolute Gasteiger partial charge is 0.489 e. The van der Waals surface area contributed by atoms with E-state index in [1.54, 1.807) is 42.6 Å². The molecule has 1 aliphatic carbocycles. The van der Waals surface area contributed by atoms with Gasteiger partial charge in [-0.2, -0.15) is 13.2 Å². The van der Waals surface area contributed by atoms with Crippen molar-refractivity contribution < 1.29 is 31.1 Å². The highest BCUT2D eigenvalue weighted by Crippen LogP contribution is 2.35. The van der Waals surface area contributed by atoms with Gasteiger partial charge < -0.3 is 9.47 Å². The maximum absolute atomic E-state index is 12.9. The van der Waals surface area contributed by atoms with Crippen LogP contribution in [0.4, 0.5) is 18.9 Å². The number of nitrogens with zero attached hydrogens (tertiary/aromatic N) is 1. The third kappa shape index (κ3) is 5.57. The molecule has 2 aromatic carbocycles. The molecular weight excluding hydrogens is 457 g/mol. The molecule has 3 aromatic rings. The van der Waals surface area contributed by atoms with E-state index < -0.39 is 27.0 Å². The second-order valence-corrected chi connectivity index (χ2v) is 9.60. The van der Waals surface area contributed by atoms with E-state index >= 15 is 0 Å². The van der Waals surface area contributed by atoms with Crippen LogP contribution in [0.1, 0.15) is 24.0 Å². The summed E-state index contributed by atoms with van der Waals surface area (Å²) in [6.45, 7) is -0.0410. The number of ether oxygens (including phenoxy) is 2. The molecule has 0 amide bonds. The van der Waals surface area contributed by atoms with Crippen LogP contribution in [0.3, 0.4) is 0 Å². The molecule has 0 radical (unpaired) electrons. The average molecular weight is 478 g/mol. The zero-order valence-corrected chi connectivity index (χ0v) is 18.4. The number of alkyl halides is 3. The van der Waals surface area contributed by atoms with E-state index in [0.717, 1.165) is 12.1 Å². The van der Waals surface area contributed by atoms with Gasteiger partial charge in [-0.25, -0.2) is 13.4 Å². The molecule has 0 spiro atoms. The highest BCUT2D eigenvalue weighted by molar-refractivity contribution is 7.93. The number of sulfonamides is 1. The molecule has 0 aliphatic heterocycles. The minimum absolute atomic E-state index is 0.0410. The van der Waals surface area contributed by atoms with Crippen molar-refractivity contribution in [1.29, 1.82) is 0 Å². The Kier molecular flexibility index (Phi) is 6.20. The normalized spacial score (nSPS) is 14.1. The summed E-state index contributed by atoms with van der Waals surface area (Å²) in [4.78, 5) is 4.20. The fraction of sp³-hybridized carbons (Fsp3) is 0.261. The second kappa shape index (κ2) is 8.93. The lowest BCUT2D eigenvalue weighted by atomic mass is 10.1. The number of hydrogen-bond acceptors (Lipinski definition) is 5. The smallest absolute Gasteiger partial charge is 0.416 e. The maximum Gasteiger partial charge on any atom is 0.416 e. The Morgan fingerprint density at radius 3 is 2.52 bits per heavy atom. The number of benzene rings is 2. The summed E-state index contributed by atoms with van der Waals surface area (Å²) in [7, 11) is -2.11. The maximum atomic E-state index is 12.9. The summed E-state index contributed by atoms with van der Waals surface area (Å²) in [5.41, 5.74) is 1.20. The van der Waals surface area contributed by atoms with Crippen molar-refractivity contribution in [3.8, 4) is 22.8 Å². The molecule has 1 heterocycles. The predicted molar refractivity (Wildman–Crippen MR) is 118 cm³/mol. The molecule has 1 N–H and O–H groups in total. The molecule has 1 fully saturated rings. The number of aromatic nitrogens is 1. The van der Waals surface area contributed by atoms with E-state index in [1.807, 2.05) is 0 Å². The third-order valence-electron chi connectivity index (χ3n) is 5.09. The van der Waals surface area contributed by atoms with E-state index in [-0.39, 0.29) is 18.2 Å². The van der Waals surface area contributed by atoms with Gasteiger partial charge >= 0.3 is 6.18 Å². The van der Waals surface area contributed by atoms with Gasteiger partial charge in [0, 0.05) is 11.8 Å². The molecule has 0 saturated heterocycles. The number of halogens is 3. The Hall–Kier alpha value is -3.27. The summed E-state index contributed by atoms with van der Waals surface area (Å²) in [6.07, 6.45) is -1.64. The van der Waals surface area contributed by atoms with E-state index in [1.165, 1.54) is 13.2 Å². The topological polar surface area (TPSA) is 77.5 Å². The first-order chi connectivity index (χ1) is 15.7. The average Bonchev–Trinajstić information content (AvgIpc) is 3.64. The van der Waals surface area contributed by atoms with Crippen LogP contribution in [-0.2, 0) is 22.8 Å². The summed E-state index contributed by atoms with van der Waals surface area (Å²) in [5, 5.41) is -0.404. The third-order valence-corrected chi connectivity index (χ3v) is 6.94. The van der Waals surface area contributed by atoms with E-state index in [4.69, 9.17) is 9.47 Å². The molecule has 1 aromatic heterocycles. The zero-order chi connectivity index (χ0) is 23.6. The van der Waals surface area contributed by atoms with Gasteiger partial charge in [0.15, 0.2) is 0 Å². The molecule has 174 valence electrons. The number of rotatable bonds is 8. The van der Waals surface area contributed by atoms with Crippen LogP contribution in [0.5, 0.6) is 11.6 Å². The van der Waals surface area contributed by atoms with Crippen molar-refractivity contribution >= 4 is 15.7 Å². The lowest BCUT2D eigenvalue weighted by molar-refractivity contribution is -0.137. The summed E-state index contributed by atoms with van der Waals surface area (Å²) >= 11 is 0. The monoisotopic (exact) mass is 478 g/mol. The van der Waals surface area contributed by atoms with Crippen molar-refractivity contribution in [2.24, 2.45) is 0 Å². The Morgan fingerprint density at radius 2 is 1.82 bits per heavy atom. The minimum atomic E-state index is -4.42. The lowest BCUT2D eigenvalue weighted by Gasteiger charge is -2.13. The Morgan fingerprint density at radius 1 is 1.06 bits per heavy atom. The quantitative estimate of drug-likeness (QED) is 0.478. The predicted octanol–water partition coefficient (Wildman–Crippen LogP) is 5.26. The van der Waals surface area contributed by atoms with Crippen LogP contribution in [-0.4, -0.2) is 25.8 Å². The molecule has 33 heavy (non-hydrogen) atoms. The van der Waals surface area contributed by atoms with Crippen LogP contribution in [0, 0.1) is 0 Å². The van der Waals surface area contributed by atoms with Crippen molar-refractivity contribution in [3.63, 3.8) is 0 Å². The van der Waals surface area contributed by atoms with Gasteiger partial charge in [0.2, 0.25) is 15.9 Å². The fourth-order valence-corrected chi connectivity index (χ4v) is 4.61. The molecular formula is C23H21F3N2O4S. The van der Waals surface area contributed by atoms with Crippen molar-refractivity contribution in [2.75, 3.05) is 11.8 Å². The van der Waals surface area contributed by atoms with Gasteiger partial charge in [-0.05, 0) is 54.3 Å². The Bertz CT molecular complexity index is 1260. The van der Waals surface area contributed by atoms with Crippen LogP contribution >= 0.6 is 0 Å². The van der Waals surface area contributed by atoms with Gasteiger partial charge in [-0.15, -0.1) is 0 Å². The van der Waals surface area contributed by atoms with Gasteiger partial charge in [0.25, 0.3) is 0 Å². The van der Waals surface area contributed by atoms with Crippen LogP contribution < -0.4 is 14.2 Å². The number of methoxy groups -OCH3 is 1. The SMILES string of the molecule is COc1ncc(-c2cccc(OCc3cccc(C(F)(F)F)c3)c2)cc1NS(=O)(=O)C1CC1. The first kappa shape index (κ1) is 22.9. The lowest BCUT2D eigenvalue weighted by Crippen LogP contribution is -2.18. The van der Waals surface area contributed by atoms with Crippen LogP contribution in [0.2, 0.25) is 0 Å². The van der Waals surface area contributed by atoms with Crippen molar-refractivity contribution in [3.05, 3.63) is 71.9 Å². The van der Waals surface area contributed by atoms with Crippen molar-refractivity contribution in [2.45, 2.75) is 30.9 Å². The minimum Gasteiger partial charge on any atom is -0.489 e.